The second-order valence-electron chi connectivity index (χ2n) is 4.49. The van der Waals surface area contributed by atoms with Gasteiger partial charge in [-0.1, -0.05) is 0 Å². The number of H-pyrrole nitrogens is 1. The molecule has 0 fully saturated rings. The van der Waals surface area contributed by atoms with Crippen LogP contribution in [0.4, 0.5) is 0 Å². The first-order chi connectivity index (χ1) is 9.15. The van der Waals surface area contributed by atoms with Gasteiger partial charge < -0.3 is 9.55 Å². The van der Waals surface area contributed by atoms with Gasteiger partial charge in [0.2, 0.25) is 0 Å². The summed E-state index contributed by atoms with van der Waals surface area (Å²) in [6, 6.07) is 1.97. The van der Waals surface area contributed by atoms with Crippen LogP contribution in [0.1, 0.15) is 11.4 Å². The van der Waals surface area contributed by atoms with E-state index in [0.29, 0.717) is 4.77 Å². The van der Waals surface area contributed by atoms with E-state index in [1.165, 1.54) is 0 Å². The summed E-state index contributed by atoms with van der Waals surface area (Å²) >= 11 is 5.35. The maximum absolute atomic E-state index is 5.35. The Morgan fingerprint density at radius 1 is 1.37 bits per heavy atom. The average molecular weight is 274 g/mol. The van der Waals surface area contributed by atoms with E-state index in [1.807, 2.05) is 24.6 Å². The number of pyridine rings is 1. The van der Waals surface area contributed by atoms with Gasteiger partial charge >= 0.3 is 0 Å². The summed E-state index contributed by atoms with van der Waals surface area (Å²) < 4.78 is 4.38. The van der Waals surface area contributed by atoms with Crippen molar-refractivity contribution in [2.75, 3.05) is 0 Å². The van der Waals surface area contributed by atoms with Crippen molar-refractivity contribution in [3.05, 3.63) is 34.7 Å². The van der Waals surface area contributed by atoms with Crippen LogP contribution in [-0.4, -0.2) is 29.3 Å². The van der Waals surface area contributed by atoms with Crippen LogP contribution in [0, 0.1) is 11.7 Å². The lowest BCUT2D eigenvalue weighted by Crippen LogP contribution is -2.04. The van der Waals surface area contributed by atoms with E-state index >= 15 is 0 Å². The summed E-state index contributed by atoms with van der Waals surface area (Å²) in [5, 5.41) is 4.27. The lowest BCUT2D eigenvalue weighted by molar-refractivity contribution is 0.662. The van der Waals surface area contributed by atoms with Crippen molar-refractivity contribution >= 4 is 23.4 Å². The number of aromatic nitrogens is 6. The number of hydrogen-bond donors (Lipinski definition) is 1. The van der Waals surface area contributed by atoms with E-state index in [4.69, 9.17) is 12.2 Å². The Bertz CT molecular complexity index is 781. The van der Waals surface area contributed by atoms with E-state index < -0.39 is 0 Å². The van der Waals surface area contributed by atoms with Crippen molar-refractivity contribution in [2.24, 2.45) is 7.05 Å². The van der Waals surface area contributed by atoms with Crippen LogP contribution in [0.3, 0.4) is 0 Å². The lowest BCUT2D eigenvalue weighted by Gasteiger charge is -2.01. The zero-order valence-corrected chi connectivity index (χ0v) is 11.6. The molecule has 0 saturated heterocycles. The molecule has 0 atom stereocenters. The number of imidazole rings is 1. The molecule has 3 aromatic heterocycles. The molecule has 98 valence electrons. The Balaban J connectivity index is 1.95. The first kappa shape index (κ1) is 12.0. The molecule has 3 heterocycles. The number of fused-ring (bicyclic) bond motifs is 1. The Kier molecular flexibility index (Phi) is 2.90. The second-order valence-corrected chi connectivity index (χ2v) is 4.88. The molecule has 6 nitrogen and oxygen atoms in total. The fourth-order valence-corrected chi connectivity index (χ4v) is 2.37. The SMILES string of the molecule is Cc1ccnc2c1[nH]c(=S)n2CCc1ncn(C)n1. The number of aryl methyl sites for hydroxylation is 4. The molecule has 0 unspecified atom stereocenters. The normalized spacial score (nSPS) is 11.3. The third-order valence-corrected chi connectivity index (χ3v) is 3.40. The van der Waals surface area contributed by atoms with Gasteiger partial charge in [0.1, 0.15) is 6.33 Å². The average Bonchev–Trinajstić information content (AvgIpc) is 2.92. The molecule has 0 amide bonds. The highest BCUT2D eigenvalue weighted by Gasteiger charge is 2.08. The lowest BCUT2D eigenvalue weighted by atomic mass is 10.3. The predicted molar refractivity (Wildman–Crippen MR) is 74.4 cm³/mol. The summed E-state index contributed by atoms with van der Waals surface area (Å²) in [5.41, 5.74) is 3.04. The zero-order chi connectivity index (χ0) is 13.4. The summed E-state index contributed by atoms with van der Waals surface area (Å²) in [5.74, 6) is 0.811. The fraction of sp³-hybridized carbons (Fsp3) is 0.333. The largest absolute Gasteiger partial charge is 0.329 e. The molecular formula is C12H14N6S. The smallest absolute Gasteiger partial charge is 0.179 e. The van der Waals surface area contributed by atoms with Crippen LogP contribution >= 0.6 is 12.2 Å². The van der Waals surface area contributed by atoms with Gasteiger partial charge in [0.05, 0.1) is 5.52 Å². The van der Waals surface area contributed by atoms with Gasteiger partial charge in [-0.3, -0.25) is 4.68 Å². The molecule has 0 radical (unpaired) electrons. The van der Waals surface area contributed by atoms with Gasteiger partial charge in [-0.25, -0.2) is 9.97 Å². The minimum absolute atomic E-state index is 0.688. The second kappa shape index (κ2) is 4.58. The van der Waals surface area contributed by atoms with Crippen LogP contribution in [-0.2, 0) is 20.0 Å². The topological polar surface area (TPSA) is 64.3 Å². The molecule has 0 aromatic carbocycles. The minimum Gasteiger partial charge on any atom is -0.329 e. The summed E-state index contributed by atoms with van der Waals surface area (Å²) in [6.45, 7) is 2.76. The van der Waals surface area contributed by atoms with Gasteiger partial charge in [0.15, 0.2) is 16.2 Å². The predicted octanol–water partition coefficient (Wildman–Crippen LogP) is 1.77. The van der Waals surface area contributed by atoms with Crippen molar-refractivity contribution < 1.29 is 0 Å². The third-order valence-electron chi connectivity index (χ3n) is 3.08. The van der Waals surface area contributed by atoms with Gasteiger partial charge in [-0.15, -0.1) is 0 Å². The maximum atomic E-state index is 5.35. The fourth-order valence-electron chi connectivity index (χ4n) is 2.09. The van der Waals surface area contributed by atoms with Crippen LogP contribution in [0.5, 0.6) is 0 Å². The Morgan fingerprint density at radius 3 is 2.95 bits per heavy atom. The van der Waals surface area contributed by atoms with Crippen LogP contribution in [0.15, 0.2) is 18.6 Å². The van der Waals surface area contributed by atoms with Crippen molar-refractivity contribution in [2.45, 2.75) is 19.9 Å². The molecule has 0 saturated carbocycles. The third kappa shape index (κ3) is 2.17. The molecule has 0 aliphatic carbocycles. The summed E-state index contributed by atoms with van der Waals surface area (Å²) in [7, 11) is 1.86. The molecule has 0 spiro atoms. The van der Waals surface area contributed by atoms with E-state index in [-0.39, 0.29) is 0 Å². The molecule has 1 N–H and O–H groups in total. The Labute approximate surface area is 115 Å². The highest BCUT2D eigenvalue weighted by atomic mass is 32.1. The number of rotatable bonds is 3. The van der Waals surface area contributed by atoms with Crippen LogP contribution in [0.2, 0.25) is 0 Å². The van der Waals surface area contributed by atoms with Crippen molar-refractivity contribution in [3.63, 3.8) is 0 Å². The highest BCUT2D eigenvalue weighted by molar-refractivity contribution is 7.71. The highest BCUT2D eigenvalue weighted by Crippen LogP contribution is 2.15. The number of nitrogens with zero attached hydrogens (tertiary/aromatic N) is 5. The van der Waals surface area contributed by atoms with Crippen molar-refractivity contribution in [3.8, 4) is 0 Å². The molecule has 0 aliphatic heterocycles. The van der Waals surface area contributed by atoms with Crippen LogP contribution in [0.25, 0.3) is 11.2 Å². The molecule has 3 rings (SSSR count). The standard InChI is InChI=1S/C12H14N6S/c1-8-3-5-13-11-10(8)15-12(19)18(11)6-4-9-14-7-17(2)16-9/h3,5,7H,4,6H2,1-2H3,(H,15,19). The Hall–Kier alpha value is -2.02. The van der Waals surface area contributed by atoms with Crippen LogP contribution < -0.4 is 0 Å². The first-order valence-corrected chi connectivity index (χ1v) is 6.44. The van der Waals surface area contributed by atoms with E-state index in [1.54, 1.807) is 17.2 Å². The Morgan fingerprint density at radius 2 is 2.21 bits per heavy atom. The van der Waals surface area contributed by atoms with E-state index in [0.717, 1.165) is 35.5 Å². The monoisotopic (exact) mass is 274 g/mol. The van der Waals surface area contributed by atoms with Gasteiger partial charge in [-0.2, -0.15) is 5.10 Å². The number of nitrogens with one attached hydrogen (secondary N) is 1. The van der Waals surface area contributed by atoms with E-state index in [9.17, 15) is 0 Å². The molecule has 0 aliphatic rings. The first-order valence-electron chi connectivity index (χ1n) is 6.04. The van der Waals surface area contributed by atoms with Gasteiger partial charge in [-0.05, 0) is 30.8 Å². The minimum atomic E-state index is 0.688. The van der Waals surface area contributed by atoms with E-state index in [2.05, 4.69) is 20.1 Å². The summed E-state index contributed by atoms with van der Waals surface area (Å²) in [4.78, 5) is 11.8. The van der Waals surface area contributed by atoms with Crippen molar-refractivity contribution in [1.29, 1.82) is 0 Å². The number of hydrogen-bond acceptors (Lipinski definition) is 4. The van der Waals surface area contributed by atoms with Gasteiger partial charge in [0.25, 0.3) is 0 Å². The van der Waals surface area contributed by atoms with Crippen molar-refractivity contribution in [1.82, 2.24) is 29.3 Å². The quantitative estimate of drug-likeness (QED) is 0.739. The zero-order valence-electron chi connectivity index (χ0n) is 10.8. The maximum Gasteiger partial charge on any atom is 0.179 e. The summed E-state index contributed by atoms with van der Waals surface area (Å²) in [6.07, 6.45) is 4.24. The molecular weight excluding hydrogens is 260 g/mol. The molecule has 19 heavy (non-hydrogen) atoms. The van der Waals surface area contributed by atoms with Gasteiger partial charge in [0, 0.05) is 26.2 Å². The molecule has 0 bridgehead atoms. The number of aromatic amines is 1. The molecule has 7 heteroatoms. The molecule has 3 aromatic rings.